The van der Waals surface area contributed by atoms with E-state index in [0.29, 0.717) is 18.2 Å². The Hall–Kier alpha value is -2.37. The largest absolute Gasteiger partial charge is 1.00 e. The third kappa shape index (κ3) is 13.7. The van der Waals surface area contributed by atoms with E-state index in [1.807, 2.05) is 36.4 Å². The number of halogens is 2. The van der Waals surface area contributed by atoms with Crippen LogP contribution in [0.15, 0.2) is 60.9 Å². The molecule has 0 fully saturated rings. The topological polar surface area (TPSA) is 42.2 Å². The van der Waals surface area contributed by atoms with Crippen LogP contribution in [0.3, 0.4) is 0 Å². The van der Waals surface area contributed by atoms with Crippen LogP contribution in [0.4, 0.5) is 5.69 Å². The molecule has 0 spiro atoms. The molecule has 0 saturated carbocycles. The Bertz CT molecular complexity index is 1200. The summed E-state index contributed by atoms with van der Waals surface area (Å²) in [6, 6.07) is 15.7. The fourth-order valence-electron chi connectivity index (χ4n) is 5.32. The normalized spacial score (nSPS) is 10.8. The van der Waals surface area contributed by atoms with Gasteiger partial charge in [0.2, 0.25) is 5.91 Å². The first-order valence-corrected chi connectivity index (χ1v) is 16.1. The van der Waals surface area contributed by atoms with Gasteiger partial charge in [0.25, 0.3) is 0 Å². The minimum absolute atomic E-state index is 0. The van der Waals surface area contributed by atoms with Crippen molar-refractivity contribution < 1.29 is 31.1 Å². The van der Waals surface area contributed by atoms with Crippen molar-refractivity contribution >= 4 is 23.2 Å². The van der Waals surface area contributed by atoms with E-state index < -0.39 is 0 Å². The maximum Gasteiger partial charge on any atom is 0.228 e. The van der Waals surface area contributed by atoms with Crippen LogP contribution in [0, 0.1) is 13.8 Å². The number of aryl methyl sites for hydroxylation is 2. The molecule has 1 aromatic heterocycles. The smallest absolute Gasteiger partial charge is 0.228 e. The number of para-hydroxylation sites is 1. The van der Waals surface area contributed by atoms with Crippen molar-refractivity contribution in [2.75, 3.05) is 11.9 Å². The maximum atomic E-state index is 12.9. The van der Waals surface area contributed by atoms with Gasteiger partial charge in [-0.05, 0) is 50.1 Å². The zero-order valence-corrected chi connectivity index (χ0v) is 28.2. The van der Waals surface area contributed by atoms with Crippen LogP contribution in [0.5, 0.6) is 5.75 Å². The van der Waals surface area contributed by atoms with E-state index >= 15 is 0 Å². The summed E-state index contributed by atoms with van der Waals surface area (Å²) in [5, 5.41) is 3.65. The third-order valence-corrected chi connectivity index (χ3v) is 7.83. The van der Waals surface area contributed by atoms with Crippen LogP contribution in [-0.2, 0) is 17.8 Å². The number of rotatable bonds is 19. The number of carbonyl (C=O) groups is 1. The Balaban J connectivity index is 0.00000616. The highest BCUT2D eigenvalue weighted by atomic mass is 79.9. The standard InChI is InChI=1S/C36H49ClN2O2.BrH/c1-4-5-6-7-8-9-10-11-12-13-14-17-22-41-33-21-20-31(34(37)25-33)24-36(40)38-35-19-16-15-18-32(35)28-39-26-29(2)23-30(3)27-39;/h15-16,18-21,23,25-27H,4-14,17,22,24,28H2,1-3H3;1H. The van der Waals surface area contributed by atoms with Crippen LogP contribution >= 0.6 is 11.6 Å². The maximum absolute atomic E-state index is 12.9. The molecule has 0 aliphatic heterocycles. The Labute approximate surface area is 270 Å². The molecule has 1 N–H and O–H groups in total. The van der Waals surface area contributed by atoms with Gasteiger partial charge in [0.15, 0.2) is 18.9 Å². The van der Waals surface area contributed by atoms with Gasteiger partial charge in [-0.1, -0.05) is 113 Å². The summed E-state index contributed by atoms with van der Waals surface area (Å²) in [7, 11) is 0. The van der Waals surface area contributed by atoms with Crippen LogP contribution in [0.2, 0.25) is 5.02 Å². The number of amides is 1. The quantitative estimate of drug-likeness (QED) is 0.117. The number of hydrogen-bond acceptors (Lipinski definition) is 2. The Morgan fingerprint density at radius 3 is 2.00 bits per heavy atom. The molecule has 2 aromatic carbocycles. The summed E-state index contributed by atoms with van der Waals surface area (Å²) < 4.78 is 8.09. The summed E-state index contributed by atoms with van der Waals surface area (Å²) in [4.78, 5) is 12.9. The van der Waals surface area contributed by atoms with Gasteiger partial charge < -0.3 is 27.0 Å². The lowest BCUT2D eigenvalue weighted by Gasteiger charge is -2.12. The van der Waals surface area contributed by atoms with E-state index in [0.717, 1.165) is 29.0 Å². The monoisotopic (exact) mass is 656 g/mol. The highest BCUT2D eigenvalue weighted by Gasteiger charge is 2.13. The zero-order chi connectivity index (χ0) is 29.3. The molecular weight excluding hydrogens is 608 g/mol. The van der Waals surface area contributed by atoms with Gasteiger partial charge in [0.05, 0.1) is 18.7 Å². The number of pyridine rings is 1. The molecule has 0 saturated heterocycles. The first-order valence-electron chi connectivity index (χ1n) is 15.7. The number of anilines is 1. The SMILES string of the molecule is CCCCCCCCCCCCCCOc1ccc(CC(=O)Nc2ccccc2C[n+]2cc(C)cc(C)c2)c(Cl)c1.[Br-]. The van der Waals surface area contributed by atoms with Crippen molar-refractivity contribution in [3.05, 3.63) is 88.2 Å². The molecule has 0 atom stereocenters. The molecule has 0 aliphatic rings. The number of aromatic nitrogens is 1. The summed E-state index contributed by atoms with van der Waals surface area (Å²) in [5.41, 5.74) is 5.10. The second-order valence-electron chi connectivity index (χ2n) is 11.4. The van der Waals surface area contributed by atoms with E-state index in [4.69, 9.17) is 16.3 Å². The molecule has 3 aromatic rings. The average Bonchev–Trinajstić information content (AvgIpc) is 2.93. The van der Waals surface area contributed by atoms with Gasteiger partial charge >= 0.3 is 0 Å². The molecular formula is C36H50BrClN2O2. The minimum atomic E-state index is -0.0880. The second-order valence-corrected chi connectivity index (χ2v) is 11.8. The number of carbonyl (C=O) groups excluding carboxylic acids is 1. The van der Waals surface area contributed by atoms with Gasteiger partial charge in [-0.2, -0.15) is 0 Å². The Kier molecular flexibility index (Phi) is 17.5. The molecule has 6 heteroatoms. The van der Waals surface area contributed by atoms with Crippen LogP contribution in [-0.4, -0.2) is 12.5 Å². The van der Waals surface area contributed by atoms with Crippen LogP contribution < -0.4 is 31.6 Å². The molecule has 230 valence electrons. The average molecular weight is 658 g/mol. The van der Waals surface area contributed by atoms with Gasteiger partial charge in [0.1, 0.15) is 5.75 Å². The lowest BCUT2D eigenvalue weighted by Crippen LogP contribution is -3.00. The van der Waals surface area contributed by atoms with Gasteiger partial charge in [-0.25, -0.2) is 4.57 Å². The number of nitrogens with zero attached hydrogens (tertiary/aromatic N) is 1. The summed E-state index contributed by atoms with van der Waals surface area (Å²) in [5.74, 6) is 0.674. The lowest BCUT2D eigenvalue weighted by atomic mass is 10.1. The molecule has 0 bridgehead atoms. The number of hydrogen-bond donors (Lipinski definition) is 1. The van der Waals surface area contributed by atoms with Crippen molar-refractivity contribution in [1.29, 1.82) is 0 Å². The number of benzene rings is 2. The molecule has 1 heterocycles. The van der Waals surface area contributed by atoms with Crippen LogP contribution in [0.25, 0.3) is 0 Å². The van der Waals surface area contributed by atoms with Crippen molar-refractivity contribution in [2.24, 2.45) is 0 Å². The molecule has 1 amide bonds. The van der Waals surface area contributed by atoms with E-state index in [1.165, 1.54) is 81.8 Å². The van der Waals surface area contributed by atoms with Gasteiger partial charge in [-0.15, -0.1) is 0 Å². The molecule has 3 rings (SSSR count). The highest BCUT2D eigenvalue weighted by Crippen LogP contribution is 2.24. The van der Waals surface area contributed by atoms with Crippen molar-refractivity contribution in [3.8, 4) is 5.75 Å². The Morgan fingerprint density at radius 2 is 1.38 bits per heavy atom. The first-order chi connectivity index (χ1) is 19.9. The summed E-state index contributed by atoms with van der Waals surface area (Å²) in [6.45, 7) is 7.84. The second kappa shape index (κ2) is 20.5. The highest BCUT2D eigenvalue weighted by molar-refractivity contribution is 6.31. The van der Waals surface area contributed by atoms with Gasteiger partial charge in [0, 0.05) is 21.7 Å². The third-order valence-electron chi connectivity index (χ3n) is 7.48. The minimum Gasteiger partial charge on any atom is -1.00 e. The Morgan fingerprint density at radius 1 is 0.786 bits per heavy atom. The van der Waals surface area contributed by atoms with Gasteiger partial charge in [-0.3, -0.25) is 4.79 Å². The van der Waals surface area contributed by atoms with E-state index in [2.05, 4.69) is 55.2 Å². The molecule has 0 aliphatic carbocycles. The lowest BCUT2D eigenvalue weighted by molar-refractivity contribution is -0.688. The van der Waals surface area contributed by atoms with E-state index in [1.54, 1.807) is 0 Å². The summed E-state index contributed by atoms with van der Waals surface area (Å²) >= 11 is 6.54. The number of ether oxygens (including phenoxy) is 1. The molecule has 42 heavy (non-hydrogen) atoms. The first kappa shape index (κ1) is 35.8. The van der Waals surface area contributed by atoms with Crippen molar-refractivity contribution in [3.63, 3.8) is 0 Å². The number of nitrogens with one attached hydrogen (secondary N) is 1. The number of unbranched alkanes of at least 4 members (excludes halogenated alkanes) is 11. The fraction of sp³-hybridized carbons (Fsp3) is 0.500. The molecule has 0 unspecified atom stereocenters. The summed E-state index contributed by atoms with van der Waals surface area (Å²) in [6.07, 6.45) is 20.4. The molecule has 0 radical (unpaired) electrons. The molecule has 4 nitrogen and oxygen atoms in total. The van der Waals surface area contributed by atoms with Crippen LogP contribution in [0.1, 0.15) is 106 Å². The predicted molar refractivity (Wildman–Crippen MR) is 172 cm³/mol. The van der Waals surface area contributed by atoms with Crippen molar-refractivity contribution in [2.45, 2.75) is 111 Å². The van der Waals surface area contributed by atoms with Crippen molar-refractivity contribution in [1.82, 2.24) is 0 Å². The van der Waals surface area contributed by atoms with E-state index in [9.17, 15) is 4.79 Å². The zero-order valence-electron chi connectivity index (χ0n) is 25.9. The fourth-order valence-corrected chi connectivity index (χ4v) is 5.56. The predicted octanol–water partition coefficient (Wildman–Crippen LogP) is 6.56. The van der Waals surface area contributed by atoms with E-state index in [-0.39, 0.29) is 29.3 Å².